The minimum atomic E-state index is -0.645. The summed E-state index contributed by atoms with van der Waals surface area (Å²) in [6.07, 6.45) is 4.13. The standard InChI is InChI=1S/C22H26N2O3/c1-4-14-12-24-10-9-21-15-7-5-6-8-17(15)23(2)22(21)18(24)11-16(14)20(21,13-27-22)19(25)26-3/h4-8,16,18H,9-13H2,1-3H3/t16-,18-,20?,21-,22?/m0/s1. The summed E-state index contributed by atoms with van der Waals surface area (Å²) in [5, 5.41) is 0. The molecule has 6 rings (SSSR count). The number of carbonyl (C=O) groups excluding carboxylic acids is 1. The van der Waals surface area contributed by atoms with E-state index < -0.39 is 11.1 Å². The van der Waals surface area contributed by atoms with Crippen molar-refractivity contribution in [3.63, 3.8) is 0 Å². The van der Waals surface area contributed by atoms with Crippen LogP contribution in [0.15, 0.2) is 35.9 Å². The normalized spacial score (nSPS) is 45.1. The summed E-state index contributed by atoms with van der Waals surface area (Å²) < 4.78 is 12.3. The van der Waals surface area contributed by atoms with E-state index in [-0.39, 0.29) is 17.3 Å². The molecule has 1 aromatic rings. The van der Waals surface area contributed by atoms with Crippen molar-refractivity contribution < 1.29 is 14.3 Å². The Bertz CT molecular complexity index is 897. The maximum Gasteiger partial charge on any atom is 0.315 e. The Morgan fingerprint density at radius 1 is 1.37 bits per heavy atom. The lowest BCUT2D eigenvalue weighted by molar-refractivity contribution is -0.183. The number of likely N-dealkylation sites (N-methyl/N-ethyl adjacent to an activating group) is 1. The number of esters is 1. The number of para-hydroxylation sites is 1. The summed E-state index contributed by atoms with van der Waals surface area (Å²) in [6.45, 7) is 4.50. The first kappa shape index (κ1) is 16.1. The van der Waals surface area contributed by atoms with E-state index >= 15 is 0 Å². The van der Waals surface area contributed by atoms with Gasteiger partial charge in [-0.15, -0.1) is 0 Å². The molecular formula is C22H26N2O3. The van der Waals surface area contributed by atoms with Crippen molar-refractivity contribution in [3.8, 4) is 0 Å². The Morgan fingerprint density at radius 2 is 2.19 bits per heavy atom. The molecule has 5 heteroatoms. The molecule has 5 aliphatic rings. The van der Waals surface area contributed by atoms with Crippen molar-refractivity contribution in [1.82, 2.24) is 4.90 Å². The van der Waals surface area contributed by atoms with Crippen molar-refractivity contribution in [2.24, 2.45) is 11.3 Å². The molecule has 0 amide bonds. The van der Waals surface area contributed by atoms with Gasteiger partial charge in [0.2, 0.25) is 0 Å². The lowest BCUT2D eigenvalue weighted by atomic mass is 9.43. The predicted octanol–water partition coefficient (Wildman–Crippen LogP) is 2.31. The second-order valence-electron chi connectivity index (χ2n) is 8.82. The van der Waals surface area contributed by atoms with Gasteiger partial charge in [0.05, 0.1) is 25.2 Å². The third-order valence-electron chi connectivity index (χ3n) is 8.59. The summed E-state index contributed by atoms with van der Waals surface area (Å²) in [5.74, 6) is 0.0966. The first-order valence-electron chi connectivity index (χ1n) is 10.0. The van der Waals surface area contributed by atoms with Gasteiger partial charge in [0.15, 0.2) is 5.72 Å². The number of fused-ring (bicyclic) bond motifs is 3. The molecule has 1 saturated carbocycles. The Kier molecular flexibility index (Phi) is 2.84. The summed E-state index contributed by atoms with van der Waals surface area (Å²) in [4.78, 5) is 18.5. The van der Waals surface area contributed by atoms with E-state index in [4.69, 9.17) is 9.47 Å². The molecule has 0 N–H and O–H groups in total. The average Bonchev–Trinajstić information content (AvgIpc) is 3.09. The lowest BCUT2D eigenvalue weighted by Crippen LogP contribution is -2.80. The number of hydrogen-bond donors (Lipinski definition) is 0. The highest BCUT2D eigenvalue weighted by molar-refractivity contribution is 5.86. The molecule has 5 bridgehead atoms. The molecule has 0 spiro atoms. The Hall–Kier alpha value is -1.85. The van der Waals surface area contributed by atoms with Crippen LogP contribution in [-0.4, -0.2) is 56.5 Å². The van der Waals surface area contributed by atoms with Gasteiger partial charge in [0, 0.05) is 31.7 Å². The van der Waals surface area contributed by atoms with Crippen molar-refractivity contribution in [3.05, 3.63) is 41.5 Å². The van der Waals surface area contributed by atoms with E-state index in [0.717, 1.165) is 25.9 Å². The van der Waals surface area contributed by atoms with Crippen LogP contribution in [0.5, 0.6) is 0 Å². The summed E-state index contributed by atoms with van der Waals surface area (Å²) in [7, 11) is 3.70. The molecule has 0 aromatic heterocycles. The lowest BCUT2D eigenvalue weighted by Gasteiger charge is -2.66. The fourth-order valence-electron chi connectivity index (χ4n) is 7.75. The van der Waals surface area contributed by atoms with Gasteiger partial charge in [-0.1, -0.05) is 29.8 Å². The van der Waals surface area contributed by atoms with E-state index in [0.29, 0.717) is 12.6 Å². The van der Waals surface area contributed by atoms with Crippen LogP contribution in [0, 0.1) is 11.3 Å². The van der Waals surface area contributed by atoms with E-state index in [9.17, 15) is 4.79 Å². The first-order valence-corrected chi connectivity index (χ1v) is 10.0. The number of anilines is 1. The van der Waals surface area contributed by atoms with Crippen LogP contribution in [0.4, 0.5) is 5.69 Å². The largest absolute Gasteiger partial charge is 0.468 e. The highest BCUT2D eigenvalue weighted by Gasteiger charge is 2.86. The maximum atomic E-state index is 13.6. The minimum absolute atomic E-state index is 0.0902. The molecule has 27 heavy (non-hydrogen) atoms. The molecule has 5 nitrogen and oxygen atoms in total. The molecule has 2 unspecified atom stereocenters. The van der Waals surface area contributed by atoms with Crippen LogP contribution in [0.3, 0.4) is 0 Å². The molecule has 3 saturated heterocycles. The molecule has 4 heterocycles. The number of ether oxygens (including phenoxy) is 2. The third kappa shape index (κ3) is 1.34. The molecule has 5 atom stereocenters. The van der Waals surface area contributed by atoms with Crippen molar-refractivity contribution in [2.75, 3.05) is 38.8 Å². The predicted molar refractivity (Wildman–Crippen MR) is 101 cm³/mol. The molecule has 142 valence electrons. The van der Waals surface area contributed by atoms with Gasteiger partial charge in [0.25, 0.3) is 0 Å². The highest BCUT2D eigenvalue weighted by atomic mass is 16.6. The number of hydrogen-bond acceptors (Lipinski definition) is 5. The van der Waals surface area contributed by atoms with Gasteiger partial charge in [-0.3, -0.25) is 9.69 Å². The second kappa shape index (κ2) is 4.76. The van der Waals surface area contributed by atoms with Crippen molar-refractivity contribution in [2.45, 2.75) is 36.9 Å². The van der Waals surface area contributed by atoms with Crippen molar-refractivity contribution >= 4 is 11.7 Å². The van der Waals surface area contributed by atoms with Gasteiger partial charge in [0.1, 0.15) is 5.41 Å². The number of rotatable bonds is 1. The molecule has 0 radical (unpaired) electrons. The number of methoxy groups -OCH3 is 1. The fraction of sp³-hybridized carbons (Fsp3) is 0.591. The number of allylic oxidation sites excluding steroid dienone is 1. The maximum absolute atomic E-state index is 13.6. The van der Waals surface area contributed by atoms with Gasteiger partial charge < -0.3 is 14.4 Å². The van der Waals surface area contributed by atoms with Crippen LogP contribution in [-0.2, 0) is 19.7 Å². The Balaban J connectivity index is 1.75. The average molecular weight is 366 g/mol. The summed E-state index contributed by atoms with van der Waals surface area (Å²) in [5.41, 5.74) is 2.40. The Morgan fingerprint density at radius 3 is 2.96 bits per heavy atom. The van der Waals surface area contributed by atoms with Crippen LogP contribution < -0.4 is 4.90 Å². The topological polar surface area (TPSA) is 42.0 Å². The van der Waals surface area contributed by atoms with Gasteiger partial charge >= 0.3 is 5.97 Å². The first-order chi connectivity index (χ1) is 13.1. The molecule has 4 fully saturated rings. The van der Waals surface area contributed by atoms with Crippen molar-refractivity contribution in [1.29, 1.82) is 0 Å². The Labute approximate surface area is 159 Å². The van der Waals surface area contributed by atoms with E-state index in [1.54, 1.807) is 0 Å². The molecule has 4 aliphatic heterocycles. The molecule has 1 aliphatic carbocycles. The van der Waals surface area contributed by atoms with Crippen LogP contribution >= 0.6 is 0 Å². The SMILES string of the molecule is CC=C1CN2CC[C@@]34c5ccccc5N(C)C35OCC4(C(=O)OC)[C@H]1C[C@H]25. The zero-order valence-electron chi connectivity index (χ0n) is 16.2. The number of nitrogens with zero attached hydrogens (tertiary/aromatic N) is 2. The second-order valence-corrected chi connectivity index (χ2v) is 8.82. The summed E-state index contributed by atoms with van der Waals surface area (Å²) in [6, 6.07) is 8.92. The van der Waals surface area contributed by atoms with E-state index in [1.807, 2.05) is 0 Å². The number of piperidine rings is 2. The highest BCUT2D eigenvalue weighted by Crippen LogP contribution is 2.76. The van der Waals surface area contributed by atoms with Gasteiger partial charge in [-0.05, 0) is 31.4 Å². The fourth-order valence-corrected chi connectivity index (χ4v) is 7.75. The number of benzene rings is 1. The smallest absolute Gasteiger partial charge is 0.315 e. The third-order valence-corrected chi connectivity index (χ3v) is 8.59. The van der Waals surface area contributed by atoms with Crippen LogP contribution in [0.25, 0.3) is 0 Å². The van der Waals surface area contributed by atoms with Gasteiger partial charge in [-0.25, -0.2) is 0 Å². The molecule has 1 aromatic carbocycles. The van der Waals surface area contributed by atoms with Gasteiger partial charge in [-0.2, -0.15) is 0 Å². The quantitative estimate of drug-likeness (QED) is 0.564. The van der Waals surface area contributed by atoms with Crippen LogP contribution in [0.2, 0.25) is 0 Å². The molecular weight excluding hydrogens is 340 g/mol. The summed E-state index contributed by atoms with van der Waals surface area (Å²) >= 11 is 0. The monoisotopic (exact) mass is 366 g/mol. The van der Waals surface area contributed by atoms with Crippen LogP contribution in [0.1, 0.15) is 25.3 Å². The minimum Gasteiger partial charge on any atom is -0.468 e. The van der Waals surface area contributed by atoms with E-state index in [2.05, 4.69) is 54.1 Å². The zero-order chi connectivity index (χ0) is 18.6. The zero-order valence-corrected chi connectivity index (χ0v) is 16.2. The number of carbonyl (C=O) groups is 1. The van der Waals surface area contributed by atoms with E-state index in [1.165, 1.54) is 23.9 Å².